The topological polar surface area (TPSA) is 162 Å². The van der Waals surface area contributed by atoms with E-state index < -0.39 is 47.8 Å². The molecule has 222 valence electrons. The van der Waals surface area contributed by atoms with Crippen molar-refractivity contribution in [1.29, 1.82) is 0 Å². The standard InChI is InChI=1S/C25H23F5N8O3S/c1-22(2,21(40)41)9-11-10-42-20(33-11)23(3)13-15(31)34-17(35-16(13)36-19(23)39)14-12-5-4-7-32-18(12)38(37-14)8-6-24(26,27)25(28,29)30/h4-5,7,10H,6,8-9H2,1-3H3,(H,40,41)(H3,31,34,35,36,39)/t23-/m0/s1. The predicted octanol–water partition coefficient (Wildman–Crippen LogP) is 4.43. The van der Waals surface area contributed by atoms with Crippen LogP contribution in [0.4, 0.5) is 33.6 Å². The van der Waals surface area contributed by atoms with Gasteiger partial charge < -0.3 is 16.2 Å². The third-order valence-electron chi connectivity index (χ3n) is 7.08. The molecule has 0 saturated carbocycles. The second-order valence-electron chi connectivity index (χ2n) is 10.6. The Hall–Kier alpha value is -4.28. The number of nitrogens with two attached hydrogens (primary N) is 1. The number of carboxylic acid groups (broad SMARTS) is 1. The summed E-state index contributed by atoms with van der Waals surface area (Å²) in [6.07, 6.45) is -5.84. The Balaban J connectivity index is 1.53. The molecule has 0 spiro atoms. The van der Waals surface area contributed by atoms with Crippen LogP contribution in [0.15, 0.2) is 23.7 Å². The van der Waals surface area contributed by atoms with Crippen LogP contribution in [-0.4, -0.2) is 58.8 Å². The van der Waals surface area contributed by atoms with Crippen LogP contribution < -0.4 is 11.1 Å². The number of hydrogen-bond donors (Lipinski definition) is 3. The summed E-state index contributed by atoms with van der Waals surface area (Å²) in [6.45, 7) is 3.89. The van der Waals surface area contributed by atoms with Gasteiger partial charge in [-0.3, -0.25) is 9.59 Å². The van der Waals surface area contributed by atoms with Crippen LogP contribution in [0.2, 0.25) is 0 Å². The second kappa shape index (κ2) is 9.64. The van der Waals surface area contributed by atoms with Crippen LogP contribution in [0.25, 0.3) is 22.6 Å². The molecule has 4 aromatic rings. The van der Waals surface area contributed by atoms with Gasteiger partial charge in [0.1, 0.15) is 27.8 Å². The lowest BCUT2D eigenvalue weighted by Crippen LogP contribution is -2.37. The van der Waals surface area contributed by atoms with E-state index in [2.05, 4.69) is 30.4 Å². The van der Waals surface area contributed by atoms with E-state index in [9.17, 15) is 36.6 Å². The first-order valence-electron chi connectivity index (χ1n) is 12.4. The Morgan fingerprint density at radius 3 is 2.57 bits per heavy atom. The SMILES string of the molecule is CC(C)(Cc1csc([C@]2(C)C(=O)Nc3nc(-c4nn(CCC(F)(F)C(F)(F)F)c5ncccc45)nc(N)c32)n1)C(=O)O. The number of fused-ring (bicyclic) bond motifs is 2. The summed E-state index contributed by atoms with van der Waals surface area (Å²) in [4.78, 5) is 42.1. The monoisotopic (exact) mass is 610 g/mol. The van der Waals surface area contributed by atoms with Gasteiger partial charge in [-0.25, -0.2) is 24.6 Å². The lowest BCUT2D eigenvalue weighted by Gasteiger charge is -2.20. The van der Waals surface area contributed by atoms with Crippen LogP contribution in [0.5, 0.6) is 0 Å². The number of alkyl halides is 5. The van der Waals surface area contributed by atoms with Gasteiger partial charge in [0.15, 0.2) is 11.5 Å². The molecular weight excluding hydrogens is 587 g/mol. The molecule has 0 aromatic carbocycles. The Labute approximate surface area is 238 Å². The van der Waals surface area contributed by atoms with Gasteiger partial charge in [-0.15, -0.1) is 11.3 Å². The molecule has 0 saturated heterocycles. The van der Waals surface area contributed by atoms with Gasteiger partial charge in [-0.05, 0) is 32.9 Å². The maximum Gasteiger partial charge on any atom is 0.453 e. The fraction of sp³-hybridized carbons (Fsp3) is 0.400. The van der Waals surface area contributed by atoms with Gasteiger partial charge in [0.05, 0.1) is 22.1 Å². The first kappa shape index (κ1) is 29.2. The fourth-order valence-electron chi connectivity index (χ4n) is 4.58. The maximum atomic E-state index is 13.6. The number of carboxylic acids is 1. The van der Waals surface area contributed by atoms with Gasteiger partial charge in [-0.2, -0.15) is 27.1 Å². The number of halogens is 5. The molecule has 1 amide bonds. The zero-order valence-electron chi connectivity index (χ0n) is 22.3. The van der Waals surface area contributed by atoms with Crippen molar-refractivity contribution in [3.05, 3.63) is 40.0 Å². The number of aliphatic carboxylic acids is 1. The Morgan fingerprint density at radius 2 is 1.90 bits per heavy atom. The van der Waals surface area contributed by atoms with E-state index in [1.807, 2.05) is 0 Å². The normalized spacial score (nSPS) is 17.5. The number of hydrogen-bond acceptors (Lipinski definition) is 9. The lowest BCUT2D eigenvalue weighted by molar-refractivity contribution is -0.285. The molecule has 0 fully saturated rings. The van der Waals surface area contributed by atoms with Crippen molar-refractivity contribution >= 4 is 45.9 Å². The van der Waals surface area contributed by atoms with Crippen LogP contribution in [0.1, 0.15) is 43.5 Å². The minimum atomic E-state index is -5.72. The molecule has 42 heavy (non-hydrogen) atoms. The third-order valence-corrected chi connectivity index (χ3v) is 8.19. The number of anilines is 2. The van der Waals surface area contributed by atoms with Crippen LogP contribution in [-0.2, 0) is 28.0 Å². The largest absolute Gasteiger partial charge is 0.481 e. The molecule has 0 bridgehead atoms. The van der Waals surface area contributed by atoms with E-state index in [4.69, 9.17) is 5.73 Å². The number of nitrogens with one attached hydrogen (secondary N) is 1. The molecule has 0 aliphatic carbocycles. The molecule has 5 heterocycles. The number of nitrogens with zero attached hydrogens (tertiary/aromatic N) is 6. The number of rotatable bonds is 8. The molecule has 11 nitrogen and oxygen atoms in total. The first-order valence-corrected chi connectivity index (χ1v) is 13.3. The number of aryl methyl sites for hydroxylation is 1. The molecule has 1 aliphatic heterocycles. The fourth-order valence-corrected chi connectivity index (χ4v) is 5.57. The summed E-state index contributed by atoms with van der Waals surface area (Å²) in [5.74, 6) is -6.64. The third kappa shape index (κ3) is 4.70. The number of pyridine rings is 1. The van der Waals surface area contributed by atoms with E-state index in [1.165, 1.54) is 18.3 Å². The molecule has 5 rings (SSSR count). The average molecular weight is 611 g/mol. The molecule has 1 atom stereocenters. The number of nitrogen functional groups attached to an aromatic ring is 1. The van der Waals surface area contributed by atoms with Crippen molar-refractivity contribution in [2.45, 2.75) is 57.7 Å². The maximum absolute atomic E-state index is 13.6. The molecular formula is C25H23F5N8O3S. The van der Waals surface area contributed by atoms with E-state index in [-0.39, 0.29) is 46.2 Å². The van der Waals surface area contributed by atoms with Crippen molar-refractivity contribution in [3.8, 4) is 11.5 Å². The highest BCUT2D eigenvalue weighted by Gasteiger charge is 2.57. The molecule has 4 aromatic heterocycles. The minimum Gasteiger partial charge on any atom is -0.481 e. The molecule has 0 radical (unpaired) electrons. The average Bonchev–Trinajstić information content (AvgIpc) is 3.57. The zero-order valence-corrected chi connectivity index (χ0v) is 23.1. The summed E-state index contributed by atoms with van der Waals surface area (Å²) in [5.41, 5.74) is 4.56. The van der Waals surface area contributed by atoms with Gasteiger partial charge in [-0.1, -0.05) is 0 Å². The lowest BCUT2D eigenvalue weighted by atomic mass is 9.85. The van der Waals surface area contributed by atoms with Gasteiger partial charge in [0.25, 0.3) is 0 Å². The number of amides is 1. The van der Waals surface area contributed by atoms with E-state index in [1.54, 1.807) is 26.2 Å². The Morgan fingerprint density at radius 1 is 1.19 bits per heavy atom. The van der Waals surface area contributed by atoms with Crippen molar-refractivity contribution in [2.24, 2.45) is 5.41 Å². The highest BCUT2D eigenvalue weighted by molar-refractivity contribution is 7.10. The highest BCUT2D eigenvalue weighted by Crippen LogP contribution is 2.46. The Bertz CT molecular complexity index is 1730. The summed E-state index contributed by atoms with van der Waals surface area (Å²) < 4.78 is 66.3. The summed E-state index contributed by atoms with van der Waals surface area (Å²) >= 11 is 1.15. The highest BCUT2D eigenvalue weighted by atomic mass is 32.1. The zero-order chi connectivity index (χ0) is 30.8. The van der Waals surface area contributed by atoms with Gasteiger partial charge in [0, 0.05) is 31.0 Å². The van der Waals surface area contributed by atoms with Gasteiger partial charge >= 0.3 is 18.1 Å². The van der Waals surface area contributed by atoms with Crippen molar-refractivity contribution < 1.29 is 36.6 Å². The Kier molecular flexibility index (Phi) is 6.71. The number of aromatic nitrogens is 6. The number of carbonyl (C=O) groups excluding carboxylic acids is 1. The summed E-state index contributed by atoms with van der Waals surface area (Å²) in [6, 6.07) is 3.04. The van der Waals surface area contributed by atoms with Crippen LogP contribution in [0.3, 0.4) is 0 Å². The van der Waals surface area contributed by atoms with Gasteiger partial charge in [0.2, 0.25) is 5.91 Å². The predicted molar refractivity (Wildman–Crippen MR) is 141 cm³/mol. The number of carbonyl (C=O) groups is 2. The van der Waals surface area contributed by atoms with Crippen molar-refractivity contribution in [2.75, 3.05) is 11.1 Å². The van der Waals surface area contributed by atoms with Crippen LogP contribution >= 0.6 is 11.3 Å². The molecule has 0 unspecified atom stereocenters. The molecule has 17 heteroatoms. The first-order chi connectivity index (χ1) is 19.5. The quantitative estimate of drug-likeness (QED) is 0.245. The molecule has 4 N–H and O–H groups in total. The van der Waals surface area contributed by atoms with E-state index in [0.717, 1.165) is 16.0 Å². The van der Waals surface area contributed by atoms with Crippen LogP contribution in [0, 0.1) is 5.41 Å². The van der Waals surface area contributed by atoms with E-state index >= 15 is 0 Å². The number of thiazole rings is 1. The second-order valence-corrected chi connectivity index (χ2v) is 11.5. The minimum absolute atomic E-state index is 0.0122. The van der Waals surface area contributed by atoms with E-state index in [0.29, 0.717) is 10.7 Å². The molecule has 1 aliphatic rings. The summed E-state index contributed by atoms with van der Waals surface area (Å²) in [5, 5.41) is 18.6. The smallest absolute Gasteiger partial charge is 0.453 e. The van der Waals surface area contributed by atoms with Crippen molar-refractivity contribution in [1.82, 2.24) is 29.7 Å². The summed E-state index contributed by atoms with van der Waals surface area (Å²) in [7, 11) is 0. The van der Waals surface area contributed by atoms with Crippen molar-refractivity contribution in [3.63, 3.8) is 0 Å².